The minimum Gasteiger partial charge on any atom is -0.487 e. The summed E-state index contributed by atoms with van der Waals surface area (Å²) in [5.41, 5.74) is 0.0572. The quantitative estimate of drug-likeness (QED) is 0.612. The Morgan fingerprint density at radius 3 is 2.63 bits per heavy atom. The first-order valence-electron chi connectivity index (χ1n) is 6.15. The molecule has 0 saturated carbocycles. The van der Waals surface area contributed by atoms with Gasteiger partial charge in [-0.15, -0.1) is 0 Å². The zero-order chi connectivity index (χ0) is 14.6. The van der Waals surface area contributed by atoms with Crippen LogP contribution in [0.1, 0.15) is 27.7 Å². The van der Waals surface area contributed by atoms with Gasteiger partial charge in [0.25, 0.3) is 0 Å². The van der Waals surface area contributed by atoms with Crippen molar-refractivity contribution in [3.8, 4) is 5.75 Å². The van der Waals surface area contributed by atoms with Gasteiger partial charge in [0.05, 0.1) is 23.2 Å². The molecule has 0 spiro atoms. The van der Waals surface area contributed by atoms with Crippen molar-refractivity contribution in [2.24, 2.45) is 0 Å². The van der Waals surface area contributed by atoms with Crippen LogP contribution in [0, 0.1) is 10.1 Å². The number of aliphatic hydroxyl groups is 1. The normalized spacial score (nSPS) is 12.9. The van der Waals surface area contributed by atoms with Gasteiger partial charge >= 0.3 is 5.69 Å². The number of nitro benzene ring substituents is 1. The second-order valence-corrected chi connectivity index (χ2v) is 4.90. The molecule has 1 atom stereocenters. The standard InChI is InChI=1S/C13H20N2O4/c1-5-19-12-8-10(6-7-11(12)15(17)18)14-13(3,4)9(2)16/h6-9,14,16H,5H2,1-4H3. The van der Waals surface area contributed by atoms with Crippen LogP contribution in [0.3, 0.4) is 0 Å². The Kier molecular flexibility index (Phi) is 4.72. The molecule has 0 aliphatic carbocycles. The zero-order valence-electron chi connectivity index (χ0n) is 11.6. The summed E-state index contributed by atoms with van der Waals surface area (Å²) in [5, 5.41) is 23.7. The van der Waals surface area contributed by atoms with Crippen molar-refractivity contribution in [1.82, 2.24) is 0 Å². The predicted molar refractivity (Wildman–Crippen MR) is 73.6 cm³/mol. The van der Waals surface area contributed by atoms with Gasteiger partial charge in [-0.25, -0.2) is 0 Å². The van der Waals surface area contributed by atoms with Gasteiger partial charge < -0.3 is 15.2 Å². The molecule has 0 heterocycles. The van der Waals surface area contributed by atoms with Crippen molar-refractivity contribution in [3.63, 3.8) is 0 Å². The molecule has 0 radical (unpaired) electrons. The number of ether oxygens (including phenoxy) is 1. The molecule has 0 fully saturated rings. The lowest BCUT2D eigenvalue weighted by molar-refractivity contribution is -0.385. The van der Waals surface area contributed by atoms with Gasteiger partial charge in [0.1, 0.15) is 0 Å². The van der Waals surface area contributed by atoms with Crippen LogP contribution < -0.4 is 10.1 Å². The smallest absolute Gasteiger partial charge is 0.311 e. The van der Waals surface area contributed by atoms with Crippen LogP contribution in [0.25, 0.3) is 0 Å². The maximum atomic E-state index is 10.9. The van der Waals surface area contributed by atoms with E-state index in [0.717, 1.165) is 0 Å². The van der Waals surface area contributed by atoms with Crippen LogP contribution in [0.15, 0.2) is 18.2 Å². The number of nitrogens with one attached hydrogen (secondary N) is 1. The van der Waals surface area contributed by atoms with E-state index in [-0.39, 0.29) is 11.4 Å². The topological polar surface area (TPSA) is 84.6 Å². The fraction of sp³-hybridized carbons (Fsp3) is 0.538. The molecule has 1 aromatic rings. The summed E-state index contributed by atoms with van der Waals surface area (Å²) in [6, 6.07) is 4.57. The Balaban J connectivity index is 3.05. The molecule has 19 heavy (non-hydrogen) atoms. The molecular weight excluding hydrogens is 248 g/mol. The van der Waals surface area contributed by atoms with Gasteiger partial charge in [0.15, 0.2) is 5.75 Å². The Morgan fingerprint density at radius 2 is 2.16 bits per heavy atom. The van der Waals surface area contributed by atoms with Crippen LogP contribution in [-0.2, 0) is 0 Å². The van der Waals surface area contributed by atoms with Crippen molar-refractivity contribution < 1.29 is 14.8 Å². The Morgan fingerprint density at radius 1 is 1.53 bits per heavy atom. The maximum Gasteiger partial charge on any atom is 0.311 e. The van der Waals surface area contributed by atoms with E-state index in [0.29, 0.717) is 12.3 Å². The number of hydrogen-bond donors (Lipinski definition) is 2. The lowest BCUT2D eigenvalue weighted by atomic mass is 9.98. The van der Waals surface area contributed by atoms with E-state index in [4.69, 9.17) is 4.74 Å². The van der Waals surface area contributed by atoms with E-state index in [2.05, 4.69) is 5.32 Å². The van der Waals surface area contributed by atoms with Crippen molar-refractivity contribution >= 4 is 11.4 Å². The minimum absolute atomic E-state index is 0.0674. The average Bonchev–Trinajstić information content (AvgIpc) is 2.28. The predicted octanol–water partition coefficient (Wildman–Crippen LogP) is 2.56. The first kappa shape index (κ1) is 15.2. The molecule has 1 aromatic carbocycles. The first-order valence-corrected chi connectivity index (χ1v) is 6.15. The van der Waals surface area contributed by atoms with E-state index in [1.807, 2.05) is 13.8 Å². The monoisotopic (exact) mass is 268 g/mol. The van der Waals surface area contributed by atoms with Gasteiger partial charge in [-0.3, -0.25) is 10.1 Å². The van der Waals surface area contributed by atoms with Crippen LogP contribution in [0.5, 0.6) is 5.75 Å². The molecule has 2 N–H and O–H groups in total. The zero-order valence-corrected chi connectivity index (χ0v) is 11.6. The number of anilines is 1. The number of nitrogens with zero attached hydrogens (tertiary/aromatic N) is 1. The van der Waals surface area contributed by atoms with Crippen LogP contribution >= 0.6 is 0 Å². The molecule has 0 aromatic heterocycles. The second kappa shape index (κ2) is 5.88. The number of rotatable bonds is 6. The number of nitro groups is 1. The minimum atomic E-state index is -0.571. The van der Waals surface area contributed by atoms with Crippen molar-refractivity contribution in [2.45, 2.75) is 39.3 Å². The Bertz CT molecular complexity index is 458. The average molecular weight is 268 g/mol. The Labute approximate surface area is 112 Å². The highest BCUT2D eigenvalue weighted by atomic mass is 16.6. The highest BCUT2D eigenvalue weighted by Crippen LogP contribution is 2.31. The third-order valence-corrected chi connectivity index (χ3v) is 2.97. The fourth-order valence-corrected chi connectivity index (χ4v) is 1.49. The molecule has 0 aliphatic heterocycles. The number of benzene rings is 1. The molecule has 6 nitrogen and oxygen atoms in total. The van der Waals surface area contributed by atoms with E-state index in [1.54, 1.807) is 26.0 Å². The molecule has 6 heteroatoms. The first-order chi connectivity index (χ1) is 8.77. The summed E-state index contributed by atoms with van der Waals surface area (Å²) >= 11 is 0. The van der Waals surface area contributed by atoms with E-state index in [1.165, 1.54) is 6.07 Å². The number of hydrogen-bond acceptors (Lipinski definition) is 5. The Hall–Kier alpha value is -1.82. The summed E-state index contributed by atoms with van der Waals surface area (Å²) in [6.07, 6.45) is -0.571. The number of aliphatic hydroxyl groups excluding tert-OH is 1. The van der Waals surface area contributed by atoms with E-state index < -0.39 is 16.6 Å². The molecule has 0 amide bonds. The van der Waals surface area contributed by atoms with Gasteiger partial charge in [0.2, 0.25) is 0 Å². The third kappa shape index (κ3) is 3.82. The largest absolute Gasteiger partial charge is 0.487 e. The summed E-state index contributed by atoms with van der Waals surface area (Å²) in [7, 11) is 0. The molecule has 106 valence electrons. The summed E-state index contributed by atoms with van der Waals surface area (Å²) in [4.78, 5) is 10.4. The lowest BCUT2D eigenvalue weighted by Crippen LogP contribution is -2.41. The molecular formula is C13H20N2O4. The molecule has 1 unspecified atom stereocenters. The molecule has 0 saturated heterocycles. The van der Waals surface area contributed by atoms with Gasteiger partial charge in [-0.05, 0) is 33.8 Å². The SMILES string of the molecule is CCOc1cc(NC(C)(C)C(C)O)ccc1[N+](=O)[O-]. The molecule has 0 bridgehead atoms. The van der Waals surface area contributed by atoms with Gasteiger partial charge in [-0.1, -0.05) is 0 Å². The summed E-state index contributed by atoms with van der Waals surface area (Å²) in [5.74, 6) is 0.221. The van der Waals surface area contributed by atoms with Crippen molar-refractivity contribution in [2.75, 3.05) is 11.9 Å². The van der Waals surface area contributed by atoms with Crippen molar-refractivity contribution in [3.05, 3.63) is 28.3 Å². The summed E-state index contributed by atoms with van der Waals surface area (Å²) in [6.45, 7) is 7.49. The lowest BCUT2D eigenvalue weighted by Gasteiger charge is -2.30. The maximum absolute atomic E-state index is 10.9. The second-order valence-electron chi connectivity index (χ2n) is 4.90. The third-order valence-electron chi connectivity index (χ3n) is 2.97. The fourth-order valence-electron chi connectivity index (χ4n) is 1.49. The summed E-state index contributed by atoms with van der Waals surface area (Å²) < 4.78 is 5.27. The van der Waals surface area contributed by atoms with Gasteiger partial charge in [-0.2, -0.15) is 0 Å². The van der Waals surface area contributed by atoms with Gasteiger partial charge in [0, 0.05) is 17.8 Å². The van der Waals surface area contributed by atoms with E-state index in [9.17, 15) is 15.2 Å². The highest BCUT2D eigenvalue weighted by molar-refractivity contribution is 5.58. The molecule has 1 rings (SSSR count). The van der Waals surface area contributed by atoms with Crippen molar-refractivity contribution in [1.29, 1.82) is 0 Å². The van der Waals surface area contributed by atoms with Crippen LogP contribution in [-0.4, -0.2) is 28.3 Å². The highest BCUT2D eigenvalue weighted by Gasteiger charge is 2.24. The molecule has 0 aliphatic rings. The van der Waals surface area contributed by atoms with E-state index >= 15 is 0 Å². The van der Waals surface area contributed by atoms with Crippen LogP contribution in [0.4, 0.5) is 11.4 Å². The van der Waals surface area contributed by atoms with Crippen LogP contribution in [0.2, 0.25) is 0 Å².